The zero-order chi connectivity index (χ0) is 20.8. The number of imidazole rings is 1. The summed E-state index contributed by atoms with van der Waals surface area (Å²) in [5, 5.41) is 0. The van der Waals surface area contributed by atoms with E-state index in [1.54, 1.807) is 10.8 Å². The molecule has 5 rings (SSSR count). The zero-order valence-corrected chi connectivity index (χ0v) is 21.4. The van der Waals surface area contributed by atoms with E-state index in [4.69, 9.17) is 0 Å². The second-order valence-corrected chi connectivity index (χ2v) is 6.96. The molecule has 0 radical (unpaired) electrons. The summed E-state index contributed by atoms with van der Waals surface area (Å²) in [7, 11) is 0. The second-order valence-electron chi connectivity index (χ2n) is 6.96. The molecule has 0 fully saturated rings. The van der Waals surface area contributed by atoms with E-state index in [-0.39, 0.29) is 32.9 Å². The SMILES string of the molecule is Cc1cc[c-]cc1.O=c1c(Cc2ccccc2)nc2[c-][nH]c(-c3ccccc3)cn1-2.[Cd+2]. The maximum atomic E-state index is 12.6. The van der Waals surface area contributed by atoms with Crippen LogP contribution >= 0.6 is 0 Å². The van der Waals surface area contributed by atoms with Gasteiger partial charge in [0.25, 0.3) is 5.56 Å². The molecule has 0 aliphatic carbocycles. The van der Waals surface area contributed by atoms with Crippen LogP contribution in [-0.4, -0.2) is 14.5 Å². The summed E-state index contributed by atoms with van der Waals surface area (Å²) in [5.74, 6) is 0.514. The molecule has 148 valence electrons. The number of hydrogen-bond acceptors (Lipinski definition) is 2. The zero-order valence-electron chi connectivity index (χ0n) is 17.4. The average molecular weight is 504 g/mol. The summed E-state index contributed by atoms with van der Waals surface area (Å²) in [6.07, 6.45) is 5.30. The molecule has 3 aromatic carbocycles. The van der Waals surface area contributed by atoms with Crippen molar-refractivity contribution in [3.05, 3.63) is 131 Å². The molecule has 2 heterocycles. The number of aromatic amines is 1. The summed E-state index contributed by atoms with van der Waals surface area (Å²) < 4.78 is 1.55. The molecule has 0 aromatic heterocycles. The van der Waals surface area contributed by atoms with Crippen LogP contribution < -0.4 is 5.56 Å². The van der Waals surface area contributed by atoms with Crippen molar-refractivity contribution in [2.24, 2.45) is 0 Å². The van der Waals surface area contributed by atoms with Crippen LogP contribution in [0, 0.1) is 19.2 Å². The van der Waals surface area contributed by atoms with Gasteiger partial charge in [0.05, 0.1) is 5.82 Å². The minimum absolute atomic E-state index is 0. The van der Waals surface area contributed by atoms with Crippen molar-refractivity contribution in [2.75, 3.05) is 0 Å². The van der Waals surface area contributed by atoms with Gasteiger partial charge in [0.1, 0.15) is 5.69 Å². The fraction of sp³-hybridized carbons (Fsp3) is 0.0769. The Morgan fingerprint density at radius 3 is 2.19 bits per heavy atom. The van der Waals surface area contributed by atoms with Crippen LogP contribution in [0.5, 0.6) is 0 Å². The Balaban J connectivity index is 0.000000292. The first-order valence-electron chi connectivity index (χ1n) is 9.75. The van der Waals surface area contributed by atoms with Crippen LogP contribution in [-0.2, 0) is 33.7 Å². The number of hydrogen-bond donors (Lipinski definition) is 1. The summed E-state index contributed by atoms with van der Waals surface area (Å²) in [6, 6.07) is 30.5. The standard InChI is InChI=1S/C19H14N3O.C7H7.Cd/c23-19-16(11-14-7-3-1-4-8-14)21-18-12-20-17(13-22(18)19)15-9-5-2-6-10-15;1-7-5-3-2-4-6-7;/h1-10,13,20H,11H2;3-6H,1H3;/q2*-1;+2. The summed E-state index contributed by atoms with van der Waals surface area (Å²) in [4.78, 5) is 20.1. The number of benzene rings is 3. The van der Waals surface area contributed by atoms with Gasteiger partial charge < -0.3 is 4.98 Å². The Bertz CT molecular complexity index is 1230. The number of rotatable bonds is 3. The third-order valence-electron chi connectivity index (χ3n) is 4.69. The molecule has 0 saturated carbocycles. The number of nitrogens with one attached hydrogen (secondary N) is 1. The Labute approximate surface area is 202 Å². The monoisotopic (exact) mass is 505 g/mol. The molecule has 4 nitrogen and oxygen atoms in total. The van der Waals surface area contributed by atoms with Crippen molar-refractivity contribution in [1.82, 2.24) is 14.5 Å². The quantitative estimate of drug-likeness (QED) is 0.283. The molecule has 1 N–H and O–H groups in total. The molecule has 3 aromatic rings. The average Bonchev–Trinajstić information content (AvgIpc) is 3.11. The van der Waals surface area contributed by atoms with E-state index in [1.165, 1.54) is 5.56 Å². The van der Waals surface area contributed by atoms with E-state index in [0.717, 1.165) is 16.8 Å². The number of aromatic nitrogens is 3. The fourth-order valence-corrected chi connectivity index (χ4v) is 3.10. The van der Waals surface area contributed by atoms with E-state index in [2.05, 4.69) is 29.2 Å². The van der Waals surface area contributed by atoms with Crippen LogP contribution in [0.25, 0.3) is 17.1 Å². The van der Waals surface area contributed by atoms with Gasteiger partial charge in [-0.15, -0.1) is 6.20 Å². The Hall–Kier alpha value is -3.00. The third-order valence-corrected chi connectivity index (χ3v) is 4.69. The first-order chi connectivity index (χ1) is 14.7. The van der Waals surface area contributed by atoms with Crippen LogP contribution in [0.2, 0.25) is 0 Å². The largest absolute Gasteiger partial charge is 2.00 e. The van der Waals surface area contributed by atoms with E-state index < -0.39 is 0 Å². The van der Waals surface area contributed by atoms with Crippen molar-refractivity contribution in [2.45, 2.75) is 13.3 Å². The van der Waals surface area contributed by atoms with Gasteiger partial charge in [-0.25, -0.2) is 4.98 Å². The molecule has 2 aliphatic heterocycles. The van der Waals surface area contributed by atoms with E-state index in [1.807, 2.05) is 84.9 Å². The van der Waals surface area contributed by atoms with Gasteiger partial charge in [0, 0.05) is 6.42 Å². The van der Waals surface area contributed by atoms with Crippen molar-refractivity contribution in [3.63, 3.8) is 0 Å². The van der Waals surface area contributed by atoms with Gasteiger partial charge in [-0.2, -0.15) is 35.9 Å². The minimum atomic E-state index is -0.0914. The predicted molar refractivity (Wildman–Crippen MR) is 119 cm³/mol. The van der Waals surface area contributed by atoms with Gasteiger partial charge >= 0.3 is 27.3 Å². The topological polar surface area (TPSA) is 50.7 Å². The van der Waals surface area contributed by atoms with E-state index >= 15 is 0 Å². The normalized spacial score (nSPS) is 10.1. The minimum Gasteiger partial charge on any atom is -0.519 e. The molecule has 0 bridgehead atoms. The van der Waals surface area contributed by atoms with Crippen molar-refractivity contribution in [3.8, 4) is 17.1 Å². The van der Waals surface area contributed by atoms with Gasteiger partial charge in [-0.05, 0) is 11.8 Å². The van der Waals surface area contributed by atoms with Crippen LogP contribution in [0.4, 0.5) is 0 Å². The number of H-pyrrole nitrogens is 1. The van der Waals surface area contributed by atoms with Gasteiger partial charge in [-0.1, -0.05) is 78.8 Å². The third kappa shape index (κ3) is 5.79. The fourth-order valence-electron chi connectivity index (χ4n) is 3.10. The van der Waals surface area contributed by atoms with Crippen molar-refractivity contribution in [1.29, 1.82) is 0 Å². The molecular weight excluding hydrogens is 483 g/mol. The molecule has 5 heteroatoms. The Kier molecular flexibility index (Phi) is 7.95. The Morgan fingerprint density at radius 2 is 1.58 bits per heavy atom. The number of nitrogens with zero attached hydrogens (tertiary/aromatic N) is 2. The molecule has 0 atom stereocenters. The van der Waals surface area contributed by atoms with Crippen LogP contribution in [0.15, 0.2) is 95.9 Å². The van der Waals surface area contributed by atoms with E-state index in [0.29, 0.717) is 17.9 Å². The first kappa shape index (κ1) is 22.7. The van der Waals surface area contributed by atoms with Gasteiger partial charge in [0.15, 0.2) is 0 Å². The summed E-state index contributed by atoms with van der Waals surface area (Å²) in [5.41, 5.74) is 4.64. The predicted octanol–water partition coefficient (Wildman–Crippen LogP) is 4.85. The second kappa shape index (κ2) is 10.9. The molecule has 2 aliphatic rings. The first-order valence-corrected chi connectivity index (χ1v) is 9.75. The molecule has 0 spiro atoms. The molecular formula is C26H21CdN3O. The summed E-state index contributed by atoms with van der Waals surface area (Å²) in [6.45, 7) is 2.06. The maximum absolute atomic E-state index is 12.6. The van der Waals surface area contributed by atoms with E-state index in [9.17, 15) is 4.79 Å². The van der Waals surface area contributed by atoms with Gasteiger partial charge in [0.2, 0.25) is 0 Å². The smallest absolute Gasteiger partial charge is 0.519 e. The van der Waals surface area contributed by atoms with Crippen molar-refractivity contribution >= 4 is 0 Å². The molecule has 0 unspecified atom stereocenters. The molecule has 0 amide bonds. The molecule has 0 saturated heterocycles. The van der Waals surface area contributed by atoms with Crippen LogP contribution in [0.1, 0.15) is 16.8 Å². The van der Waals surface area contributed by atoms with Gasteiger partial charge in [-0.3, -0.25) is 9.36 Å². The molecule has 31 heavy (non-hydrogen) atoms. The number of fused-ring (bicyclic) bond motifs is 1. The maximum Gasteiger partial charge on any atom is 2.00 e. The van der Waals surface area contributed by atoms with Crippen LogP contribution in [0.3, 0.4) is 0 Å². The Morgan fingerprint density at radius 1 is 0.935 bits per heavy atom. The summed E-state index contributed by atoms with van der Waals surface area (Å²) >= 11 is 0. The van der Waals surface area contributed by atoms with Crippen molar-refractivity contribution < 1.29 is 27.3 Å². The number of aryl methyl sites for hydroxylation is 1.